The monoisotopic (exact) mass is 567 g/mol. The summed E-state index contributed by atoms with van der Waals surface area (Å²) in [6.07, 6.45) is -5.23. The van der Waals surface area contributed by atoms with Crippen LogP contribution in [0.1, 0.15) is 33.2 Å². The summed E-state index contributed by atoms with van der Waals surface area (Å²) in [6, 6.07) is 5.07. The third-order valence-corrected chi connectivity index (χ3v) is 6.93. The molecule has 5 rings (SSSR count). The standard InChI is InChI=1S/C25H19ClF5N5O3/c1-35(2)18-9-16(19-20(34-22(37)21(19)33-18)13-7-11(27)3-5-15(13)26)32-23(38)36-10-24(39,25(29,30)31)14-8-12(28)4-6-17(14)36/h3-9,20,39H,10H2,1-2H3,(H,34,37)(H,32,33,38)/t20-,24+/m1/s1. The first-order chi connectivity index (χ1) is 18.2. The summed E-state index contributed by atoms with van der Waals surface area (Å²) in [5.74, 6) is -2.10. The fourth-order valence-corrected chi connectivity index (χ4v) is 4.89. The quantitative estimate of drug-likeness (QED) is 0.398. The minimum absolute atomic E-state index is 0.0245. The number of anilines is 3. The Labute approximate surface area is 223 Å². The van der Waals surface area contributed by atoms with Crippen LogP contribution >= 0.6 is 11.6 Å². The van der Waals surface area contributed by atoms with Crippen LogP contribution in [-0.4, -0.2) is 48.8 Å². The normalized spacial score (nSPS) is 20.0. The Morgan fingerprint density at radius 2 is 1.85 bits per heavy atom. The van der Waals surface area contributed by atoms with E-state index in [0.717, 1.165) is 24.3 Å². The van der Waals surface area contributed by atoms with E-state index in [2.05, 4.69) is 15.6 Å². The van der Waals surface area contributed by atoms with Gasteiger partial charge in [0.1, 0.15) is 23.1 Å². The lowest BCUT2D eigenvalue weighted by atomic mass is 9.95. The van der Waals surface area contributed by atoms with Crippen LogP contribution in [0.2, 0.25) is 5.02 Å². The first-order valence-electron chi connectivity index (χ1n) is 11.4. The Kier molecular flexibility index (Phi) is 6.18. The third kappa shape index (κ3) is 4.31. The molecule has 3 amide bonds. The number of hydrogen-bond acceptors (Lipinski definition) is 5. The molecule has 0 spiro atoms. The molecular weight excluding hydrogens is 549 g/mol. The van der Waals surface area contributed by atoms with E-state index in [9.17, 15) is 36.6 Å². The van der Waals surface area contributed by atoms with Gasteiger partial charge < -0.3 is 20.6 Å². The predicted molar refractivity (Wildman–Crippen MR) is 132 cm³/mol. The van der Waals surface area contributed by atoms with E-state index in [1.54, 1.807) is 14.1 Å². The van der Waals surface area contributed by atoms with Crippen molar-refractivity contribution in [2.24, 2.45) is 0 Å². The van der Waals surface area contributed by atoms with E-state index < -0.39 is 53.5 Å². The molecule has 2 aromatic carbocycles. The highest BCUT2D eigenvalue weighted by Crippen LogP contribution is 2.49. The molecule has 0 fully saturated rings. The average molecular weight is 568 g/mol. The zero-order valence-corrected chi connectivity index (χ0v) is 21.0. The van der Waals surface area contributed by atoms with Gasteiger partial charge >= 0.3 is 12.2 Å². The predicted octanol–water partition coefficient (Wildman–Crippen LogP) is 4.71. The minimum Gasteiger partial charge on any atom is -0.375 e. The van der Waals surface area contributed by atoms with Gasteiger partial charge in [-0.15, -0.1) is 0 Å². The maximum Gasteiger partial charge on any atom is 0.423 e. The number of fused-ring (bicyclic) bond motifs is 2. The van der Waals surface area contributed by atoms with Crippen LogP contribution in [0.4, 0.5) is 43.9 Å². The molecule has 0 aliphatic carbocycles. The Morgan fingerprint density at radius 1 is 1.18 bits per heavy atom. The van der Waals surface area contributed by atoms with Crippen LogP contribution in [0.3, 0.4) is 0 Å². The van der Waals surface area contributed by atoms with Gasteiger partial charge in [0.05, 0.1) is 24.0 Å². The number of carbonyl (C=O) groups is 2. The topological polar surface area (TPSA) is 97.8 Å². The molecule has 2 aliphatic heterocycles. The number of nitrogens with one attached hydrogen (secondary N) is 2. The summed E-state index contributed by atoms with van der Waals surface area (Å²) >= 11 is 6.27. The van der Waals surface area contributed by atoms with E-state index in [4.69, 9.17) is 11.6 Å². The molecule has 2 atom stereocenters. The van der Waals surface area contributed by atoms with Gasteiger partial charge in [0.15, 0.2) is 0 Å². The Balaban J connectivity index is 1.60. The van der Waals surface area contributed by atoms with E-state index in [1.165, 1.54) is 17.0 Å². The Hall–Kier alpha value is -3.97. The zero-order valence-electron chi connectivity index (χ0n) is 20.2. The first-order valence-corrected chi connectivity index (χ1v) is 11.7. The molecule has 8 nitrogen and oxygen atoms in total. The molecule has 0 saturated carbocycles. The lowest BCUT2D eigenvalue weighted by molar-refractivity contribution is -0.258. The Bertz CT molecular complexity index is 1530. The van der Waals surface area contributed by atoms with Gasteiger partial charge in [-0.05, 0) is 36.4 Å². The second-order valence-electron chi connectivity index (χ2n) is 9.29. The van der Waals surface area contributed by atoms with Crippen LogP contribution in [0.5, 0.6) is 0 Å². The van der Waals surface area contributed by atoms with E-state index in [-0.39, 0.29) is 39.0 Å². The summed E-state index contributed by atoms with van der Waals surface area (Å²) < 4.78 is 69.5. The Morgan fingerprint density at radius 3 is 2.51 bits per heavy atom. The minimum atomic E-state index is -5.23. The van der Waals surface area contributed by atoms with Crippen molar-refractivity contribution in [2.75, 3.05) is 35.8 Å². The summed E-state index contributed by atoms with van der Waals surface area (Å²) in [7, 11) is 3.23. The molecular formula is C25H19ClF5N5O3. The van der Waals surface area contributed by atoms with Crippen LogP contribution in [0, 0.1) is 11.6 Å². The highest BCUT2D eigenvalue weighted by molar-refractivity contribution is 6.31. The first kappa shape index (κ1) is 26.6. The summed E-state index contributed by atoms with van der Waals surface area (Å²) in [5.41, 5.74) is -4.57. The van der Waals surface area contributed by atoms with Crippen LogP contribution in [0.15, 0.2) is 42.5 Å². The van der Waals surface area contributed by atoms with Crippen molar-refractivity contribution in [3.05, 3.63) is 81.5 Å². The van der Waals surface area contributed by atoms with Gasteiger partial charge in [0.25, 0.3) is 5.91 Å². The molecule has 0 saturated heterocycles. The largest absolute Gasteiger partial charge is 0.423 e. The van der Waals surface area contributed by atoms with Crippen molar-refractivity contribution < 1.29 is 36.6 Å². The molecule has 2 aliphatic rings. The van der Waals surface area contributed by atoms with Gasteiger partial charge in [-0.25, -0.2) is 18.6 Å². The van der Waals surface area contributed by atoms with Crippen molar-refractivity contribution in [1.82, 2.24) is 10.3 Å². The molecule has 3 N–H and O–H groups in total. The fourth-order valence-electron chi connectivity index (χ4n) is 4.66. The highest BCUT2D eigenvalue weighted by Gasteiger charge is 2.61. The van der Waals surface area contributed by atoms with E-state index in [1.807, 2.05) is 0 Å². The number of nitrogens with zero attached hydrogens (tertiary/aromatic N) is 3. The summed E-state index contributed by atoms with van der Waals surface area (Å²) in [4.78, 5) is 32.7. The van der Waals surface area contributed by atoms with E-state index >= 15 is 0 Å². The molecule has 0 unspecified atom stereocenters. The fraction of sp³-hybridized carbons (Fsp3) is 0.240. The maximum absolute atomic E-state index is 14.1. The molecule has 39 heavy (non-hydrogen) atoms. The van der Waals surface area contributed by atoms with Gasteiger partial charge in [-0.2, -0.15) is 13.2 Å². The maximum atomic E-state index is 14.1. The summed E-state index contributed by atoms with van der Waals surface area (Å²) in [5, 5.41) is 15.8. The van der Waals surface area contributed by atoms with Gasteiger partial charge in [-0.1, -0.05) is 11.6 Å². The van der Waals surface area contributed by atoms with Gasteiger partial charge in [0, 0.05) is 41.9 Å². The van der Waals surface area contributed by atoms with Crippen molar-refractivity contribution in [2.45, 2.75) is 17.8 Å². The number of benzene rings is 2. The number of rotatable bonds is 3. The van der Waals surface area contributed by atoms with Crippen LogP contribution in [-0.2, 0) is 5.60 Å². The lowest BCUT2D eigenvalue weighted by Gasteiger charge is -2.27. The number of aromatic nitrogens is 1. The second-order valence-corrected chi connectivity index (χ2v) is 9.70. The van der Waals surface area contributed by atoms with Crippen molar-refractivity contribution in [1.29, 1.82) is 0 Å². The third-order valence-electron chi connectivity index (χ3n) is 6.59. The van der Waals surface area contributed by atoms with Gasteiger partial charge in [-0.3, -0.25) is 9.69 Å². The molecule has 3 heterocycles. The number of aliphatic hydroxyl groups is 1. The van der Waals surface area contributed by atoms with E-state index in [0.29, 0.717) is 11.0 Å². The number of pyridine rings is 1. The number of alkyl halides is 3. The number of urea groups is 1. The van der Waals surface area contributed by atoms with Crippen LogP contribution < -0.4 is 20.4 Å². The summed E-state index contributed by atoms with van der Waals surface area (Å²) in [6.45, 7) is -1.24. The molecule has 0 radical (unpaired) electrons. The lowest BCUT2D eigenvalue weighted by Crippen LogP contribution is -2.48. The van der Waals surface area contributed by atoms with Crippen molar-refractivity contribution in [3.8, 4) is 0 Å². The molecule has 204 valence electrons. The SMILES string of the molecule is CN(C)c1cc(NC(=O)N2C[C@@](O)(C(F)(F)F)c3cc(F)ccc32)c2c(n1)C(=O)N[C@@H]2c1cc(F)ccc1Cl. The van der Waals surface area contributed by atoms with Crippen molar-refractivity contribution >= 4 is 40.7 Å². The zero-order chi connectivity index (χ0) is 28.4. The molecule has 1 aromatic heterocycles. The number of amides is 3. The smallest absolute Gasteiger partial charge is 0.375 e. The average Bonchev–Trinajstić information content (AvgIpc) is 3.35. The number of halogens is 6. The van der Waals surface area contributed by atoms with Gasteiger partial charge in [0.2, 0.25) is 5.60 Å². The second kappa shape index (κ2) is 9.06. The van der Waals surface area contributed by atoms with Crippen LogP contribution in [0.25, 0.3) is 0 Å². The number of carbonyl (C=O) groups excluding carboxylic acids is 2. The number of β-amino-alcohol motifs (C(OH)–C–C–N with tert-alkyl or cyclic N) is 1. The molecule has 0 bridgehead atoms. The molecule has 3 aromatic rings. The highest BCUT2D eigenvalue weighted by atomic mass is 35.5. The molecule has 14 heteroatoms. The van der Waals surface area contributed by atoms with Crippen molar-refractivity contribution in [3.63, 3.8) is 0 Å². The number of hydrogen-bond donors (Lipinski definition) is 3.